The number of nitrogens with one attached hydrogen (secondary N) is 1. The molecule has 0 amide bonds. The highest BCUT2D eigenvalue weighted by Crippen LogP contribution is 2.23. The number of nitrogen functional groups attached to an aromatic ring is 1. The topological polar surface area (TPSA) is 67.6 Å². The SMILES string of the molecule is Nc1ccc(Cc2c[nH]c3ncc(Br)cc23)c(F)n1. The first-order valence-corrected chi connectivity index (χ1v) is 6.45. The van der Waals surface area contributed by atoms with Crippen LogP contribution in [0.15, 0.2) is 35.1 Å². The Morgan fingerprint density at radius 3 is 2.95 bits per heavy atom. The normalized spacial score (nSPS) is 11.1. The van der Waals surface area contributed by atoms with Crippen molar-refractivity contribution in [2.24, 2.45) is 0 Å². The van der Waals surface area contributed by atoms with Crippen molar-refractivity contribution in [3.05, 3.63) is 52.1 Å². The second-order valence-corrected chi connectivity index (χ2v) is 5.14. The second-order valence-electron chi connectivity index (χ2n) is 4.23. The van der Waals surface area contributed by atoms with Crippen molar-refractivity contribution in [3.63, 3.8) is 0 Å². The summed E-state index contributed by atoms with van der Waals surface area (Å²) >= 11 is 3.38. The fraction of sp³-hybridized carbons (Fsp3) is 0.0769. The smallest absolute Gasteiger partial charge is 0.218 e. The van der Waals surface area contributed by atoms with Crippen molar-refractivity contribution < 1.29 is 4.39 Å². The number of halogens is 2. The number of H-pyrrole nitrogens is 1. The zero-order valence-electron chi connectivity index (χ0n) is 9.82. The van der Waals surface area contributed by atoms with Crippen LogP contribution in [0.5, 0.6) is 0 Å². The molecule has 3 heterocycles. The van der Waals surface area contributed by atoms with Crippen molar-refractivity contribution in [2.45, 2.75) is 6.42 Å². The van der Waals surface area contributed by atoms with Gasteiger partial charge in [0.2, 0.25) is 5.95 Å². The van der Waals surface area contributed by atoms with Crippen LogP contribution in [0, 0.1) is 5.95 Å². The van der Waals surface area contributed by atoms with Gasteiger partial charge in [-0.2, -0.15) is 4.39 Å². The Balaban J connectivity index is 2.03. The molecular formula is C13H10BrFN4. The highest BCUT2D eigenvalue weighted by Gasteiger charge is 2.10. The summed E-state index contributed by atoms with van der Waals surface area (Å²) in [6.07, 6.45) is 3.99. The molecule has 6 heteroatoms. The van der Waals surface area contributed by atoms with Crippen LogP contribution in [0.2, 0.25) is 0 Å². The van der Waals surface area contributed by atoms with Crippen molar-refractivity contribution in [3.8, 4) is 0 Å². The first kappa shape index (κ1) is 12.1. The van der Waals surface area contributed by atoms with Crippen molar-refractivity contribution in [2.75, 3.05) is 5.73 Å². The summed E-state index contributed by atoms with van der Waals surface area (Å²) in [4.78, 5) is 10.9. The minimum absolute atomic E-state index is 0.185. The van der Waals surface area contributed by atoms with E-state index >= 15 is 0 Å². The summed E-state index contributed by atoms with van der Waals surface area (Å²) in [5.41, 5.74) is 7.69. The molecule has 0 radical (unpaired) electrons. The van der Waals surface area contributed by atoms with E-state index in [4.69, 9.17) is 5.73 Å². The molecule has 4 nitrogen and oxygen atoms in total. The molecule has 0 saturated carbocycles. The molecule has 3 aromatic heterocycles. The largest absolute Gasteiger partial charge is 0.384 e. The lowest BCUT2D eigenvalue weighted by Gasteiger charge is -2.02. The quantitative estimate of drug-likeness (QED) is 0.713. The molecule has 0 saturated heterocycles. The summed E-state index contributed by atoms with van der Waals surface area (Å²) in [6.45, 7) is 0. The van der Waals surface area contributed by atoms with Crippen molar-refractivity contribution in [1.82, 2.24) is 15.0 Å². The monoisotopic (exact) mass is 320 g/mol. The van der Waals surface area contributed by atoms with Crippen LogP contribution in [0.3, 0.4) is 0 Å². The van der Waals surface area contributed by atoms with E-state index in [1.807, 2.05) is 12.3 Å². The summed E-state index contributed by atoms with van der Waals surface area (Å²) in [6, 6.07) is 5.21. The lowest BCUT2D eigenvalue weighted by atomic mass is 10.1. The van der Waals surface area contributed by atoms with Crippen LogP contribution < -0.4 is 5.73 Å². The number of aromatic nitrogens is 3. The standard InChI is InChI=1S/C13H10BrFN4/c14-9-4-10-8(5-17-13(10)18-6-9)3-7-1-2-11(16)19-12(7)15/h1-2,4-6H,3H2,(H2,16,19)(H,17,18). The van der Waals surface area contributed by atoms with Gasteiger partial charge < -0.3 is 10.7 Å². The second kappa shape index (κ2) is 4.62. The van der Waals surface area contributed by atoms with E-state index in [9.17, 15) is 4.39 Å². The predicted molar refractivity (Wildman–Crippen MR) is 75.2 cm³/mol. The third-order valence-electron chi connectivity index (χ3n) is 2.91. The third kappa shape index (κ3) is 2.31. The Hall–Kier alpha value is -1.95. The number of aromatic amines is 1. The molecule has 0 bridgehead atoms. The Kier molecular flexibility index (Phi) is 2.94. The first-order chi connectivity index (χ1) is 9.13. The van der Waals surface area contributed by atoms with Gasteiger partial charge >= 0.3 is 0 Å². The van der Waals surface area contributed by atoms with Crippen LogP contribution in [-0.4, -0.2) is 15.0 Å². The van der Waals surface area contributed by atoms with Crippen LogP contribution >= 0.6 is 15.9 Å². The maximum atomic E-state index is 13.7. The van der Waals surface area contributed by atoms with Gasteiger partial charge in [-0.3, -0.25) is 0 Å². The molecule has 3 aromatic rings. The van der Waals surface area contributed by atoms with Gasteiger partial charge in [-0.25, -0.2) is 9.97 Å². The Labute approximate surface area is 117 Å². The Morgan fingerprint density at radius 1 is 1.32 bits per heavy atom. The molecule has 96 valence electrons. The molecule has 0 atom stereocenters. The zero-order valence-corrected chi connectivity index (χ0v) is 11.4. The van der Waals surface area contributed by atoms with E-state index in [0.717, 1.165) is 21.1 Å². The number of nitrogens with two attached hydrogens (primary N) is 1. The third-order valence-corrected chi connectivity index (χ3v) is 3.35. The number of hydrogen-bond acceptors (Lipinski definition) is 3. The molecule has 0 aliphatic rings. The van der Waals surface area contributed by atoms with E-state index in [1.165, 1.54) is 0 Å². The fourth-order valence-corrected chi connectivity index (χ4v) is 2.32. The fourth-order valence-electron chi connectivity index (χ4n) is 1.99. The van der Waals surface area contributed by atoms with Gasteiger partial charge in [-0.05, 0) is 33.6 Å². The van der Waals surface area contributed by atoms with Gasteiger partial charge in [0, 0.05) is 34.2 Å². The number of pyridine rings is 2. The van der Waals surface area contributed by atoms with Gasteiger partial charge in [-0.1, -0.05) is 6.07 Å². The molecule has 19 heavy (non-hydrogen) atoms. The molecule has 0 spiro atoms. The van der Waals surface area contributed by atoms with Crippen molar-refractivity contribution in [1.29, 1.82) is 0 Å². The summed E-state index contributed by atoms with van der Waals surface area (Å²) in [5, 5.41) is 0.964. The number of fused-ring (bicyclic) bond motifs is 1. The molecule has 0 fully saturated rings. The highest BCUT2D eigenvalue weighted by molar-refractivity contribution is 9.10. The van der Waals surface area contributed by atoms with Gasteiger partial charge in [0.1, 0.15) is 11.5 Å². The van der Waals surface area contributed by atoms with E-state index in [-0.39, 0.29) is 5.82 Å². The number of anilines is 1. The first-order valence-electron chi connectivity index (χ1n) is 5.66. The van der Waals surface area contributed by atoms with Crippen LogP contribution in [-0.2, 0) is 6.42 Å². The summed E-state index contributed by atoms with van der Waals surface area (Å²) in [7, 11) is 0. The molecule has 3 N–H and O–H groups in total. The lowest BCUT2D eigenvalue weighted by Crippen LogP contribution is -1.98. The average molecular weight is 321 g/mol. The Morgan fingerprint density at radius 2 is 2.16 bits per heavy atom. The lowest BCUT2D eigenvalue weighted by molar-refractivity contribution is 0.572. The molecule has 0 aromatic carbocycles. The predicted octanol–water partition coefficient (Wildman–Crippen LogP) is 3.03. The van der Waals surface area contributed by atoms with E-state index in [2.05, 4.69) is 30.9 Å². The summed E-state index contributed by atoms with van der Waals surface area (Å²) in [5.74, 6) is -0.345. The van der Waals surface area contributed by atoms with Gasteiger partial charge in [0.15, 0.2) is 0 Å². The van der Waals surface area contributed by atoms with E-state index < -0.39 is 5.95 Å². The molecule has 0 aliphatic carbocycles. The molecule has 3 rings (SSSR count). The number of nitrogens with zero attached hydrogens (tertiary/aromatic N) is 2. The number of rotatable bonds is 2. The van der Waals surface area contributed by atoms with Crippen LogP contribution in [0.1, 0.15) is 11.1 Å². The van der Waals surface area contributed by atoms with E-state index in [0.29, 0.717) is 12.0 Å². The zero-order chi connectivity index (χ0) is 13.4. The van der Waals surface area contributed by atoms with Gasteiger partial charge in [0.25, 0.3) is 0 Å². The van der Waals surface area contributed by atoms with E-state index in [1.54, 1.807) is 18.3 Å². The minimum Gasteiger partial charge on any atom is -0.384 e. The van der Waals surface area contributed by atoms with Gasteiger partial charge in [0.05, 0.1) is 0 Å². The number of hydrogen-bond donors (Lipinski definition) is 2. The maximum absolute atomic E-state index is 13.7. The maximum Gasteiger partial charge on any atom is 0.218 e. The molecular weight excluding hydrogens is 311 g/mol. The molecule has 0 aliphatic heterocycles. The molecule has 0 unspecified atom stereocenters. The van der Waals surface area contributed by atoms with Gasteiger partial charge in [-0.15, -0.1) is 0 Å². The summed E-state index contributed by atoms with van der Waals surface area (Å²) < 4.78 is 14.6. The average Bonchev–Trinajstić information content (AvgIpc) is 2.75. The Bertz CT molecular complexity index is 753. The highest BCUT2D eigenvalue weighted by atomic mass is 79.9. The van der Waals surface area contributed by atoms with Crippen molar-refractivity contribution >= 4 is 32.8 Å². The van der Waals surface area contributed by atoms with Crippen LogP contribution in [0.4, 0.5) is 10.2 Å². The minimum atomic E-state index is -0.530. The van der Waals surface area contributed by atoms with Crippen LogP contribution in [0.25, 0.3) is 11.0 Å².